The molecule has 2 fully saturated rings. The summed E-state index contributed by atoms with van der Waals surface area (Å²) in [4.78, 5) is 26.5. The van der Waals surface area contributed by atoms with Crippen LogP contribution in [0.2, 0.25) is 0 Å². The zero-order chi connectivity index (χ0) is 35.8. The molecule has 1 atom stereocenters. The third-order valence-electron chi connectivity index (χ3n) is 10.5. The lowest BCUT2D eigenvalue weighted by Gasteiger charge is -2.31. The van der Waals surface area contributed by atoms with Crippen LogP contribution in [-0.2, 0) is 35.7 Å². The zero-order valence-electron chi connectivity index (χ0n) is 30.5. The van der Waals surface area contributed by atoms with Crippen molar-refractivity contribution < 1.29 is 28.1 Å². The number of para-hydroxylation sites is 2. The summed E-state index contributed by atoms with van der Waals surface area (Å²) in [6.45, 7) is 9.16. The second-order valence-corrected chi connectivity index (χ2v) is 13.6. The second-order valence-electron chi connectivity index (χ2n) is 13.6. The van der Waals surface area contributed by atoms with Crippen molar-refractivity contribution in [1.82, 2.24) is 19.4 Å². The Morgan fingerprint density at radius 3 is 2.29 bits per heavy atom. The van der Waals surface area contributed by atoms with Crippen molar-refractivity contribution >= 4 is 22.9 Å². The van der Waals surface area contributed by atoms with Gasteiger partial charge in [0.2, 0.25) is 17.6 Å². The number of methoxy groups -OCH3 is 3. The van der Waals surface area contributed by atoms with Crippen molar-refractivity contribution in [3.8, 4) is 17.2 Å². The van der Waals surface area contributed by atoms with Gasteiger partial charge >= 0.3 is 0 Å². The third-order valence-corrected chi connectivity index (χ3v) is 10.5. The summed E-state index contributed by atoms with van der Waals surface area (Å²) in [5, 5.41) is 0. The summed E-state index contributed by atoms with van der Waals surface area (Å²) < 4.78 is 38.1. The Bertz CT molecular complexity index is 1740. The van der Waals surface area contributed by atoms with E-state index in [1.54, 1.807) is 21.3 Å². The van der Waals surface area contributed by atoms with Gasteiger partial charge in [-0.3, -0.25) is 4.79 Å². The lowest BCUT2D eigenvalue weighted by molar-refractivity contribution is -0.137. The fourth-order valence-corrected chi connectivity index (χ4v) is 7.70. The van der Waals surface area contributed by atoms with Gasteiger partial charge in [0.25, 0.3) is 0 Å². The van der Waals surface area contributed by atoms with Crippen molar-refractivity contribution in [1.29, 1.82) is 0 Å². The first kappa shape index (κ1) is 36.4. The Hall–Kier alpha value is -4.35. The average Bonchev–Trinajstić information content (AvgIpc) is 3.56. The molecule has 0 radical (unpaired) electrons. The average molecular weight is 702 g/mol. The molecule has 0 N–H and O–H groups in total. The molecule has 51 heavy (non-hydrogen) atoms. The monoisotopic (exact) mass is 701 g/mol. The number of carbonyl (C=O) groups excluding carboxylic acids is 1. The van der Waals surface area contributed by atoms with E-state index in [4.69, 9.17) is 23.9 Å². The number of rotatable bonds is 16. The maximum atomic E-state index is 14.5. The number of ether oxygens (including phenoxy) is 4. The molecule has 0 saturated carbocycles. The first-order valence-electron chi connectivity index (χ1n) is 18.1. The van der Waals surface area contributed by atoms with Crippen molar-refractivity contribution in [3.63, 3.8) is 0 Å². The molecule has 0 aliphatic carbocycles. The highest BCUT2D eigenvalue weighted by Crippen LogP contribution is 2.42. The topological polar surface area (TPSA) is 81.5 Å². The van der Waals surface area contributed by atoms with Gasteiger partial charge in [0, 0.05) is 45.9 Å². The van der Waals surface area contributed by atoms with Gasteiger partial charge in [0.15, 0.2) is 11.5 Å². The molecular weight excluding hydrogens is 649 g/mol. The van der Waals surface area contributed by atoms with E-state index in [1.165, 1.54) is 0 Å². The van der Waals surface area contributed by atoms with E-state index < -0.39 is 12.1 Å². The standard InChI is InChI=1S/C40H52FN5O5/c1-5-51-24-23-46-34-10-7-6-9-33(34)42-39(46)44-18-8-17-43(21-22-44)19-15-40(27-30-11-13-31(28-41)14-12-30)16-20-45(38(40)47)29-32-25-35(48-2)37(50-4)36(26-32)49-3/h6-7,9-14,25-26H,5,8,15-24,27-29H2,1-4H3. The van der Waals surface area contributed by atoms with E-state index in [0.717, 1.165) is 86.6 Å². The van der Waals surface area contributed by atoms with Crippen LogP contribution in [-0.4, -0.2) is 99.1 Å². The number of aromatic nitrogens is 2. The van der Waals surface area contributed by atoms with Crippen molar-refractivity contribution in [3.05, 3.63) is 77.4 Å². The molecule has 1 amide bonds. The van der Waals surface area contributed by atoms with Crippen LogP contribution in [0.3, 0.4) is 0 Å². The highest BCUT2D eigenvalue weighted by atomic mass is 19.1. The number of likely N-dealkylation sites (tertiary alicyclic amines) is 1. The van der Waals surface area contributed by atoms with Gasteiger partial charge < -0.3 is 38.2 Å². The first-order chi connectivity index (χ1) is 24.9. The minimum atomic E-state index is -0.558. The maximum Gasteiger partial charge on any atom is 0.229 e. The predicted octanol–water partition coefficient (Wildman–Crippen LogP) is 6.13. The summed E-state index contributed by atoms with van der Waals surface area (Å²) in [5.74, 6) is 2.82. The predicted molar refractivity (Wildman–Crippen MR) is 198 cm³/mol. The highest BCUT2D eigenvalue weighted by Gasteiger charge is 2.46. The van der Waals surface area contributed by atoms with Gasteiger partial charge in [-0.15, -0.1) is 0 Å². The Balaban J connectivity index is 1.18. The van der Waals surface area contributed by atoms with Crippen LogP contribution in [0.5, 0.6) is 17.2 Å². The van der Waals surface area contributed by atoms with Gasteiger partial charge in [0.1, 0.15) is 6.67 Å². The van der Waals surface area contributed by atoms with Gasteiger partial charge in [-0.25, -0.2) is 9.37 Å². The molecule has 2 saturated heterocycles. The smallest absolute Gasteiger partial charge is 0.229 e. The molecule has 6 rings (SSSR count). The molecule has 10 nitrogen and oxygen atoms in total. The number of fused-ring (bicyclic) bond motifs is 1. The van der Waals surface area contributed by atoms with Crippen LogP contribution in [0.1, 0.15) is 42.9 Å². The second kappa shape index (κ2) is 16.8. The van der Waals surface area contributed by atoms with Gasteiger partial charge in [-0.1, -0.05) is 36.4 Å². The van der Waals surface area contributed by atoms with Crippen LogP contribution < -0.4 is 19.1 Å². The highest BCUT2D eigenvalue weighted by molar-refractivity contribution is 5.85. The number of halogens is 1. The molecule has 4 aromatic rings. The summed E-state index contributed by atoms with van der Waals surface area (Å²) in [6, 6.07) is 19.8. The van der Waals surface area contributed by atoms with Gasteiger partial charge in [-0.2, -0.15) is 0 Å². The molecule has 1 unspecified atom stereocenters. The molecule has 1 aromatic heterocycles. The first-order valence-corrected chi connectivity index (χ1v) is 18.1. The summed E-state index contributed by atoms with van der Waals surface area (Å²) in [5.41, 5.74) is 4.20. The van der Waals surface area contributed by atoms with Gasteiger partial charge in [-0.05, 0) is 86.7 Å². The minimum Gasteiger partial charge on any atom is -0.493 e. The number of anilines is 1. The molecule has 0 spiro atoms. The number of carbonyl (C=O) groups is 1. The van der Waals surface area contributed by atoms with Crippen LogP contribution >= 0.6 is 0 Å². The van der Waals surface area contributed by atoms with Gasteiger partial charge in [0.05, 0.1) is 44.4 Å². The summed E-state index contributed by atoms with van der Waals surface area (Å²) in [6.07, 6.45) is 3.13. The largest absolute Gasteiger partial charge is 0.493 e. The molecule has 274 valence electrons. The van der Waals surface area contributed by atoms with E-state index in [0.29, 0.717) is 55.5 Å². The van der Waals surface area contributed by atoms with Crippen LogP contribution in [0.15, 0.2) is 60.7 Å². The Labute approximate surface area is 301 Å². The van der Waals surface area contributed by atoms with Crippen LogP contribution in [0.4, 0.5) is 10.3 Å². The number of nitrogens with zero attached hydrogens (tertiary/aromatic N) is 5. The van der Waals surface area contributed by atoms with E-state index in [-0.39, 0.29) is 5.91 Å². The number of amides is 1. The van der Waals surface area contributed by atoms with Crippen molar-refractivity contribution in [2.45, 2.75) is 52.4 Å². The lowest BCUT2D eigenvalue weighted by atomic mass is 9.77. The molecule has 3 aromatic carbocycles. The lowest BCUT2D eigenvalue weighted by Crippen LogP contribution is -2.40. The van der Waals surface area contributed by atoms with Crippen molar-refractivity contribution in [2.24, 2.45) is 5.41 Å². The normalized spacial score (nSPS) is 18.4. The zero-order valence-corrected chi connectivity index (χ0v) is 30.5. The Kier molecular flexibility index (Phi) is 12.0. The molecule has 11 heteroatoms. The van der Waals surface area contributed by atoms with E-state index >= 15 is 0 Å². The van der Waals surface area contributed by atoms with Crippen LogP contribution in [0, 0.1) is 5.41 Å². The SMILES string of the molecule is CCOCCn1c(N2CCCN(CCC3(Cc4ccc(CF)cc4)CCN(Cc4cc(OC)c(OC)c(OC)c4)C3=O)CC2)nc2ccccc21. The molecule has 0 bridgehead atoms. The van der Waals surface area contributed by atoms with Crippen LogP contribution in [0.25, 0.3) is 11.0 Å². The quantitative estimate of drug-likeness (QED) is 0.129. The fraction of sp³-hybridized carbons (Fsp3) is 0.500. The molecule has 2 aliphatic rings. The maximum absolute atomic E-state index is 14.5. The summed E-state index contributed by atoms with van der Waals surface area (Å²) in [7, 11) is 4.78. The van der Waals surface area contributed by atoms with Crippen molar-refractivity contribution in [2.75, 3.05) is 78.7 Å². The molecular formula is C40H52FN5O5. The number of hydrogen-bond acceptors (Lipinski definition) is 8. The fourth-order valence-electron chi connectivity index (χ4n) is 7.70. The van der Waals surface area contributed by atoms with E-state index in [2.05, 4.69) is 32.6 Å². The molecule has 2 aliphatic heterocycles. The Morgan fingerprint density at radius 2 is 1.59 bits per heavy atom. The number of hydrogen-bond donors (Lipinski definition) is 0. The minimum absolute atomic E-state index is 0.158. The third kappa shape index (κ3) is 8.10. The molecule has 3 heterocycles. The Morgan fingerprint density at radius 1 is 0.843 bits per heavy atom. The van der Waals surface area contributed by atoms with E-state index in [9.17, 15) is 9.18 Å². The number of alkyl halides is 1. The van der Waals surface area contributed by atoms with E-state index in [1.807, 2.05) is 54.3 Å². The number of benzene rings is 3. The summed E-state index contributed by atoms with van der Waals surface area (Å²) >= 11 is 0. The number of imidazole rings is 1.